The van der Waals surface area contributed by atoms with Crippen LogP contribution < -0.4 is 16.0 Å². The maximum Gasteiger partial charge on any atom is 0.305 e. The average Bonchev–Trinajstić information content (AvgIpc) is 3.24. The zero-order chi connectivity index (χ0) is 26.6. The van der Waals surface area contributed by atoms with Gasteiger partial charge in [0.1, 0.15) is 0 Å². The Morgan fingerprint density at radius 2 is 1.87 bits per heavy atom. The van der Waals surface area contributed by atoms with Crippen molar-refractivity contribution in [3.05, 3.63) is 93.5 Å². The number of carboxylic acid groups (broad SMARTS) is 1. The molecule has 202 valence electrons. The van der Waals surface area contributed by atoms with Gasteiger partial charge in [0.2, 0.25) is 0 Å². The second-order valence-electron chi connectivity index (χ2n) is 9.14. The predicted octanol–water partition coefficient (Wildman–Crippen LogP) is 5.06. The molecule has 2 amide bonds. The first kappa shape index (κ1) is 28.1. The molecule has 3 aromatic rings. The quantitative estimate of drug-likeness (QED) is 0.296. The minimum absolute atomic E-state index is 0. The van der Waals surface area contributed by atoms with Crippen LogP contribution in [0.1, 0.15) is 50.7 Å². The van der Waals surface area contributed by atoms with Gasteiger partial charge in [0.25, 0.3) is 11.8 Å². The van der Waals surface area contributed by atoms with Gasteiger partial charge in [-0.15, -0.1) is 12.4 Å². The first-order chi connectivity index (χ1) is 18.4. The molecule has 3 aromatic carbocycles. The van der Waals surface area contributed by atoms with E-state index < -0.39 is 12.0 Å². The number of aliphatic imine (C=N–C) groups is 1. The van der Waals surface area contributed by atoms with Crippen molar-refractivity contribution in [1.82, 2.24) is 10.2 Å². The number of rotatable bonds is 7. The maximum atomic E-state index is 13.4. The molecule has 4 N–H and O–H groups in total. The second kappa shape index (κ2) is 12.3. The van der Waals surface area contributed by atoms with Gasteiger partial charge in [0.15, 0.2) is 5.96 Å². The number of carboxylic acids is 1. The molecule has 0 bridgehead atoms. The number of anilines is 2. The van der Waals surface area contributed by atoms with Crippen molar-refractivity contribution in [2.24, 2.45) is 4.99 Å². The third-order valence-corrected chi connectivity index (χ3v) is 7.01. The van der Waals surface area contributed by atoms with Crippen LogP contribution >= 0.6 is 28.3 Å². The van der Waals surface area contributed by atoms with Crippen LogP contribution in [0.3, 0.4) is 0 Å². The maximum absolute atomic E-state index is 13.4. The SMILES string of the molecule is Cl.O=C(O)CC(c1ccc(Br)cc1)N1Cc2ccc(NC(=O)c3cccc(NC4=NCCCN4)c3)cc2C1=O. The topological polar surface area (TPSA) is 123 Å². The lowest BCUT2D eigenvalue weighted by Gasteiger charge is -2.27. The lowest BCUT2D eigenvalue weighted by Crippen LogP contribution is -2.35. The fourth-order valence-corrected chi connectivity index (χ4v) is 4.87. The largest absolute Gasteiger partial charge is 0.481 e. The highest BCUT2D eigenvalue weighted by Gasteiger charge is 2.35. The Balaban J connectivity index is 0.00000353. The molecule has 0 aliphatic carbocycles. The molecule has 5 rings (SSSR count). The fourth-order valence-electron chi connectivity index (χ4n) is 4.61. The van der Waals surface area contributed by atoms with Crippen molar-refractivity contribution < 1.29 is 19.5 Å². The molecular formula is C28H27BrClN5O4. The Morgan fingerprint density at radius 1 is 1.08 bits per heavy atom. The first-order valence-electron chi connectivity index (χ1n) is 12.3. The number of aliphatic carboxylic acids is 1. The number of nitrogens with one attached hydrogen (secondary N) is 3. The van der Waals surface area contributed by atoms with Crippen LogP contribution in [0.2, 0.25) is 0 Å². The highest BCUT2D eigenvalue weighted by Crippen LogP contribution is 2.35. The number of carbonyl (C=O) groups is 3. The molecule has 1 atom stereocenters. The van der Waals surface area contributed by atoms with E-state index in [4.69, 9.17) is 0 Å². The van der Waals surface area contributed by atoms with Crippen molar-refractivity contribution in [1.29, 1.82) is 0 Å². The molecule has 39 heavy (non-hydrogen) atoms. The van der Waals surface area contributed by atoms with Crippen LogP contribution in [-0.2, 0) is 11.3 Å². The van der Waals surface area contributed by atoms with Crippen LogP contribution in [0.4, 0.5) is 11.4 Å². The van der Waals surface area contributed by atoms with Crippen LogP contribution in [0.15, 0.2) is 76.2 Å². The van der Waals surface area contributed by atoms with Gasteiger partial charge in [-0.2, -0.15) is 0 Å². The summed E-state index contributed by atoms with van der Waals surface area (Å²) in [5.74, 6) is -0.886. The molecule has 2 aliphatic rings. The number of guanidine groups is 1. The number of hydrogen-bond donors (Lipinski definition) is 4. The van der Waals surface area contributed by atoms with E-state index in [2.05, 4.69) is 36.9 Å². The molecule has 0 fully saturated rings. The van der Waals surface area contributed by atoms with Crippen LogP contribution in [0, 0.1) is 0 Å². The molecule has 0 saturated heterocycles. The Hall–Kier alpha value is -3.89. The van der Waals surface area contributed by atoms with Gasteiger partial charge < -0.3 is 26.0 Å². The van der Waals surface area contributed by atoms with E-state index in [0.29, 0.717) is 29.3 Å². The van der Waals surface area contributed by atoms with Gasteiger partial charge in [-0.05, 0) is 60.0 Å². The number of benzene rings is 3. The first-order valence-corrected chi connectivity index (χ1v) is 13.0. The fraction of sp³-hybridized carbons (Fsp3) is 0.214. The summed E-state index contributed by atoms with van der Waals surface area (Å²) >= 11 is 3.39. The van der Waals surface area contributed by atoms with Crippen LogP contribution in [-0.4, -0.2) is 46.8 Å². The van der Waals surface area contributed by atoms with E-state index in [1.165, 1.54) is 0 Å². The Bertz CT molecular complexity index is 1430. The minimum Gasteiger partial charge on any atom is -0.481 e. The van der Waals surface area contributed by atoms with Gasteiger partial charge in [-0.3, -0.25) is 19.4 Å². The summed E-state index contributed by atoms with van der Waals surface area (Å²) in [6.45, 7) is 1.90. The highest BCUT2D eigenvalue weighted by molar-refractivity contribution is 9.10. The monoisotopic (exact) mass is 611 g/mol. The summed E-state index contributed by atoms with van der Waals surface area (Å²) in [5.41, 5.74) is 3.66. The Kier molecular flexibility index (Phi) is 8.88. The van der Waals surface area contributed by atoms with E-state index in [1.807, 2.05) is 30.3 Å². The van der Waals surface area contributed by atoms with Crippen LogP contribution in [0.25, 0.3) is 0 Å². The number of fused-ring (bicyclic) bond motifs is 1. The zero-order valence-electron chi connectivity index (χ0n) is 20.8. The molecule has 2 aliphatic heterocycles. The molecule has 0 radical (unpaired) electrons. The van der Waals surface area contributed by atoms with Gasteiger partial charge in [0, 0.05) is 46.6 Å². The predicted molar refractivity (Wildman–Crippen MR) is 156 cm³/mol. The smallest absolute Gasteiger partial charge is 0.305 e. The summed E-state index contributed by atoms with van der Waals surface area (Å²) in [5, 5.41) is 18.8. The van der Waals surface area contributed by atoms with E-state index in [0.717, 1.165) is 40.8 Å². The lowest BCUT2D eigenvalue weighted by molar-refractivity contribution is -0.138. The van der Waals surface area contributed by atoms with Gasteiger partial charge in [-0.1, -0.05) is 40.2 Å². The number of amides is 2. The van der Waals surface area contributed by atoms with Gasteiger partial charge >= 0.3 is 5.97 Å². The molecule has 9 nitrogen and oxygen atoms in total. The number of nitrogens with zero attached hydrogens (tertiary/aromatic N) is 2. The van der Waals surface area contributed by atoms with Crippen molar-refractivity contribution in [2.75, 3.05) is 23.7 Å². The molecule has 1 unspecified atom stereocenters. The van der Waals surface area contributed by atoms with Crippen LogP contribution in [0.5, 0.6) is 0 Å². The summed E-state index contributed by atoms with van der Waals surface area (Å²) in [7, 11) is 0. The standard InChI is InChI=1S/C28H26BrN5O4.ClH/c29-20-8-5-17(6-9-20)24(15-25(35)36)34-16-19-7-10-22(14-23(19)27(34)38)32-26(37)18-3-1-4-21(13-18)33-28-30-11-2-12-31-28;/h1,3-10,13-14,24H,2,11-12,15-16H2,(H,32,37)(H,35,36)(H2,30,31,33);1H. The van der Waals surface area contributed by atoms with Crippen molar-refractivity contribution in [2.45, 2.75) is 25.4 Å². The average molecular weight is 613 g/mol. The molecule has 11 heteroatoms. The third-order valence-electron chi connectivity index (χ3n) is 6.48. The molecule has 2 heterocycles. The molecule has 0 spiro atoms. The third kappa shape index (κ3) is 6.58. The van der Waals surface area contributed by atoms with Crippen molar-refractivity contribution >= 4 is 63.5 Å². The van der Waals surface area contributed by atoms with E-state index in [-0.39, 0.29) is 30.6 Å². The summed E-state index contributed by atoms with van der Waals surface area (Å²) < 4.78 is 0.868. The summed E-state index contributed by atoms with van der Waals surface area (Å²) in [6.07, 6.45) is 0.774. The van der Waals surface area contributed by atoms with Crippen molar-refractivity contribution in [3.63, 3.8) is 0 Å². The van der Waals surface area contributed by atoms with Crippen molar-refractivity contribution in [3.8, 4) is 0 Å². The van der Waals surface area contributed by atoms with E-state index in [9.17, 15) is 19.5 Å². The molecule has 0 saturated carbocycles. The summed E-state index contributed by atoms with van der Waals surface area (Å²) in [6, 6.07) is 19.0. The van der Waals surface area contributed by atoms with Gasteiger partial charge in [-0.25, -0.2) is 0 Å². The van der Waals surface area contributed by atoms with Gasteiger partial charge in [0.05, 0.1) is 12.5 Å². The highest BCUT2D eigenvalue weighted by atomic mass is 79.9. The summed E-state index contributed by atoms with van der Waals surface area (Å²) in [4.78, 5) is 44.0. The molecular weight excluding hydrogens is 586 g/mol. The lowest BCUT2D eigenvalue weighted by atomic mass is 10.0. The second-order valence-corrected chi connectivity index (χ2v) is 10.1. The minimum atomic E-state index is -0.988. The Morgan fingerprint density at radius 3 is 2.59 bits per heavy atom. The Labute approximate surface area is 240 Å². The van der Waals surface area contributed by atoms with E-state index >= 15 is 0 Å². The van der Waals surface area contributed by atoms with E-state index in [1.54, 1.807) is 41.3 Å². The number of carbonyl (C=O) groups excluding carboxylic acids is 2. The number of hydrogen-bond acceptors (Lipinski definition) is 6. The zero-order valence-corrected chi connectivity index (χ0v) is 23.2. The normalized spacial score (nSPS) is 14.8. The number of halogens is 2. The molecule has 0 aromatic heterocycles.